The number of ether oxygens (including phenoxy) is 1. The van der Waals surface area contributed by atoms with Crippen LogP contribution in [0.1, 0.15) is 44.9 Å². The van der Waals surface area contributed by atoms with Gasteiger partial charge in [-0.25, -0.2) is 4.98 Å². The monoisotopic (exact) mass is 250 g/mol. The highest BCUT2D eigenvalue weighted by molar-refractivity contribution is 5.25. The first-order chi connectivity index (χ1) is 8.65. The van der Waals surface area contributed by atoms with Crippen LogP contribution in [-0.4, -0.2) is 18.6 Å². The summed E-state index contributed by atoms with van der Waals surface area (Å²) in [7, 11) is 1.95. The maximum atomic E-state index is 5.75. The van der Waals surface area contributed by atoms with Gasteiger partial charge in [0.2, 0.25) is 5.88 Å². The smallest absolute Gasteiger partial charge is 0.213 e. The average Bonchev–Trinajstić information content (AvgIpc) is 2.34. The van der Waals surface area contributed by atoms with Gasteiger partial charge in [0.15, 0.2) is 0 Å². The van der Waals surface area contributed by atoms with Crippen molar-refractivity contribution >= 4 is 0 Å². The van der Waals surface area contributed by atoms with Crippen molar-refractivity contribution in [2.45, 2.75) is 46.6 Å². The number of rotatable bonds is 8. The Bertz CT molecular complexity index is 350. The molecule has 1 heterocycles. The Balaban J connectivity index is 2.55. The molecule has 1 N–H and O–H groups in total. The SMILES string of the molecule is CCc1cc(CNC)cc(OCCCC(C)C)n1. The van der Waals surface area contributed by atoms with Gasteiger partial charge in [-0.3, -0.25) is 0 Å². The van der Waals surface area contributed by atoms with Gasteiger partial charge in [-0.15, -0.1) is 0 Å². The highest BCUT2D eigenvalue weighted by atomic mass is 16.5. The molecule has 0 radical (unpaired) electrons. The molecule has 0 unspecified atom stereocenters. The summed E-state index contributed by atoms with van der Waals surface area (Å²) in [6.07, 6.45) is 3.24. The molecule has 0 amide bonds. The Hall–Kier alpha value is -1.09. The third-order valence-corrected chi connectivity index (χ3v) is 2.83. The van der Waals surface area contributed by atoms with Crippen LogP contribution in [0, 0.1) is 5.92 Å². The fraction of sp³-hybridized carbons (Fsp3) is 0.667. The summed E-state index contributed by atoms with van der Waals surface area (Å²) in [4.78, 5) is 4.50. The van der Waals surface area contributed by atoms with E-state index in [9.17, 15) is 0 Å². The van der Waals surface area contributed by atoms with Crippen LogP contribution in [0.3, 0.4) is 0 Å². The van der Waals surface area contributed by atoms with Crippen LogP contribution in [0.25, 0.3) is 0 Å². The molecule has 0 fully saturated rings. The largest absolute Gasteiger partial charge is 0.478 e. The zero-order valence-corrected chi connectivity index (χ0v) is 12.1. The summed E-state index contributed by atoms with van der Waals surface area (Å²) < 4.78 is 5.75. The predicted octanol–water partition coefficient (Wildman–Crippen LogP) is 3.18. The summed E-state index contributed by atoms with van der Waals surface area (Å²) in [5.74, 6) is 1.51. The van der Waals surface area contributed by atoms with E-state index in [1.165, 1.54) is 12.0 Å². The highest BCUT2D eigenvalue weighted by Crippen LogP contribution is 2.14. The molecule has 0 saturated heterocycles. The van der Waals surface area contributed by atoms with Crippen LogP contribution < -0.4 is 10.1 Å². The van der Waals surface area contributed by atoms with E-state index in [2.05, 4.69) is 37.1 Å². The minimum atomic E-state index is 0.739. The molecule has 0 atom stereocenters. The highest BCUT2D eigenvalue weighted by Gasteiger charge is 2.03. The van der Waals surface area contributed by atoms with Gasteiger partial charge in [0.25, 0.3) is 0 Å². The second kappa shape index (κ2) is 8.09. The Kier molecular flexibility index (Phi) is 6.73. The average molecular weight is 250 g/mol. The Labute approximate surface area is 111 Å². The predicted molar refractivity (Wildman–Crippen MR) is 75.9 cm³/mol. The van der Waals surface area contributed by atoms with Crippen molar-refractivity contribution in [1.82, 2.24) is 10.3 Å². The standard InChI is InChI=1S/C15H26N2O/c1-5-14-9-13(11-16-4)10-15(17-14)18-8-6-7-12(2)3/h9-10,12,16H,5-8,11H2,1-4H3. The van der Waals surface area contributed by atoms with E-state index in [-0.39, 0.29) is 0 Å². The van der Waals surface area contributed by atoms with Crippen LogP contribution in [0.2, 0.25) is 0 Å². The second-order valence-corrected chi connectivity index (χ2v) is 5.07. The van der Waals surface area contributed by atoms with Crippen molar-refractivity contribution in [1.29, 1.82) is 0 Å². The lowest BCUT2D eigenvalue weighted by Crippen LogP contribution is -2.08. The molecule has 1 aromatic heterocycles. The van der Waals surface area contributed by atoms with E-state index in [1.807, 2.05) is 13.1 Å². The molecule has 0 aromatic carbocycles. The van der Waals surface area contributed by atoms with Gasteiger partial charge >= 0.3 is 0 Å². The van der Waals surface area contributed by atoms with Crippen molar-refractivity contribution in [3.63, 3.8) is 0 Å². The topological polar surface area (TPSA) is 34.1 Å². The lowest BCUT2D eigenvalue weighted by Gasteiger charge is -2.10. The lowest BCUT2D eigenvalue weighted by molar-refractivity contribution is 0.286. The van der Waals surface area contributed by atoms with Gasteiger partial charge < -0.3 is 10.1 Å². The number of hydrogen-bond acceptors (Lipinski definition) is 3. The van der Waals surface area contributed by atoms with Crippen molar-refractivity contribution in [3.05, 3.63) is 23.4 Å². The molecule has 0 aliphatic rings. The molecule has 3 heteroatoms. The fourth-order valence-electron chi connectivity index (χ4n) is 1.85. The molecule has 3 nitrogen and oxygen atoms in total. The zero-order valence-electron chi connectivity index (χ0n) is 12.1. The number of nitrogens with zero attached hydrogens (tertiary/aromatic N) is 1. The van der Waals surface area contributed by atoms with E-state index in [0.29, 0.717) is 0 Å². The molecule has 0 saturated carbocycles. The number of aryl methyl sites for hydroxylation is 1. The van der Waals surface area contributed by atoms with E-state index < -0.39 is 0 Å². The van der Waals surface area contributed by atoms with Crippen molar-refractivity contribution in [2.24, 2.45) is 5.92 Å². The van der Waals surface area contributed by atoms with Crippen LogP contribution in [0.15, 0.2) is 12.1 Å². The zero-order chi connectivity index (χ0) is 13.4. The molecule has 0 spiro atoms. The number of pyridine rings is 1. The summed E-state index contributed by atoms with van der Waals surface area (Å²) in [5, 5.41) is 3.16. The molecule has 0 aliphatic heterocycles. The molecular weight excluding hydrogens is 224 g/mol. The first-order valence-electron chi connectivity index (χ1n) is 6.93. The maximum absolute atomic E-state index is 5.75. The lowest BCUT2D eigenvalue weighted by atomic mass is 10.1. The maximum Gasteiger partial charge on any atom is 0.213 e. The van der Waals surface area contributed by atoms with Crippen molar-refractivity contribution < 1.29 is 4.74 Å². The Morgan fingerprint density at radius 3 is 2.72 bits per heavy atom. The van der Waals surface area contributed by atoms with Crippen molar-refractivity contribution in [3.8, 4) is 5.88 Å². The third kappa shape index (κ3) is 5.50. The first-order valence-corrected chi connectivity index (χ1v) is 6.93. The summed E-state index contributed by atoms with van der Waals surface area (Å²) >= 11 is 0. The second-order valence-electron chi connectivity index (χ2n) is 5.07. The number of aromatic nitrogens is 1. The molecule has 102 valence electrons. The number of nitrogens with one attached hydrogen (secondary N) is 1. The van der Waals surface area contributed by atoms with Gasteiger partial charge in [0.1, 0.15) is 0 Å². The summed E-state index contributed by atoms with van der Waals surface area (Å²) in [6.45, 7) is 8.21. The van der Waals surface area contributed by atoms with E-state index in [4.69, 9.17) is 4.74 Å². The first kappa shape index (κ1) is 15.0. The van der Waals surface area contributed by atoms with Gasteiger partial charge in [0, 0.05) is 18.3 Å². The van der Waals surface area contributed by atoms with Crippen LogP contribution >= 0.6 is 0 Å². The number of hydrogen-bond donors (Lipinski definition) is 1. The molecule has 1 rings (SSSR count). The molecule has 0 bridgehead atoms. The van der Waals surface area contributed by atoms with E-state index in [0.717, 1.165) is 43.5 Å². The Morgan fingerprint density at radius 1 is 1.33 bits per heavy atom. The normalized spacial score (nSPS) is 10.9. The summed E-state index contributed by atoms with van der Waals surface area (Å²) in [6, 6.07) is 4.17. The van der Waals surface area contributed by atoms with Crippen molar-refractivity contribution in [2.75, 3.05) is 13.7 Å². The minimum absolute atomic E-state index is 0.739. The van der Waals surface area contributed by atoms with Gasteiger partial charge in [-0.1, -0.05) is 20.8 Å². The van der Waals surface area contributed by atoms with Gasteiger partial charge in [-0.2, -0.15) is 0 Å². The molecule has 1 aromatic rings. The van der Waals surface area contributed by atoms with E-state index >= 15 is 0 Å². The summed E-state index contributed by atoms with van der Waals surface area (Å²) in [5.41, 5.74) is 2.34. The van der Waals surface area contributed by atoms with Crippen LogP contribution in [0.5, 0.6) is 5.88 Å². The Morgan fingerprint density at radius 2 is 2.11 bits per heavy atom. The molecular formula is C15H26N2O. The van der Waals surface area contributed by atoms with Crippen LogP contribution in [-0.2, 0) is 13.0 Å². The molecule has 0 aliphatic carbocycles. The van der Waals surface area contributed by atoms with Gasteiger partial charge in [-0.05, 0) is 43.9 Å². The van der Waals surface area contributed by atoms with Gasteiger partial charge in [0.05, 0.1) is 6.61 Å². The fourth-order valence-corrected chi connectivity index (χ4v) is 1.85. The van der Waals surface area contributed by atoms with Crippen LogP contribution in [0.4, 0.5) is 0 Å². The van der Waals surface area contributed by atoms with E-state index in [1.54, 1.807) is 0 Å². The quantitative estimate of drug-likeness (QED) is 0.720. The molecule has 18 heavy (non-hydrogen) atoms. The minimum Gasteiger partial charge on any atom is -0.478 e. The third-order valence-electron chi connectivity index (χ3n) is 2.83.